The molecule has 168 valence electrons. The third kappa shape index (κ3) is 5.59. The number of methoxy groups -OCH3 is 2. The Morgan fingerprint density at radius 1 is 1.03 bits per heavy atom. The van der Waals surface area contributed by atoms with Gasteiger partial charge in [-0.25, -0.2) is 14.2 Å². The lowest BCUT2D eigenvalue weighted by Crippen LogP contribution is -2.16. The fourth-order valence-corrected chi connectivity index (χ4v) is 3.10. The fourth-order valence-electron chi connectivity index (χ4n) is 3.10. The Morgan fingerprint density at radius 2 is 1.72 bits per heavy atom. The number of benzene rings is 2. The fraction of sp³-hybridized carbons (Fsp3) is 0.292. The molecule has 0 saturated heterocycles. The van der Waals surface area contributed by atoms with E-state index in [0.717, 1.165) is 17.4 Å². The number of esters is 1. The van der Waals surface area contributed by atoms with Gasteiger partial charge in [-0.15, -0.1) is 0 Å². The van der Waals surface area contributed by atoms with Crippen molar-refractivity contribution < 1.29 is 18.7 Å². The Bertz CT molecular complexity index is 1100. The first-order chi connectivity index (χ1) is 15.2. The van der Waals surface area contributed by atoms with E-state index in [4.69, 9.17) is 9.47 Å². The predicted octanol–water partition coefficient (Wildman–Crippen LogP) is 5.26. The van der Waals surface area contributed by atoms with Crippen LogP contribution in [0.2, 0.25) is 0 Å². The molecule has 0 aliphatic carbocycles. The molecule has 2 N–H and O–H groups in total. The van der Waals surface area contributed by atoms with Crippen LogP contribution in [0.15, 0.2) is 54.7 Å². The quantitative estimate of drug-likeness (QED) is 0.487. The van der Waals surface area contributed by atoms with Crippen LogP contribution in [0.3, 0.4) is 0 Å². The molecule has 0 radical (unpaired) electrons. The van der Waals surface area contributed by atoms with Gasteiger partial charge in [0.1, 0.15) is 0 Å². The third-order valence-electron chi connectivity index (χ3n) is 4.83. The van der Waals surface area contributed by atoms with Crippen LogP contribution in [0.5, 0.6) is 0 Å². The second-order valence-electron chi connectivity index (χ2n) is 8.24. The van der Waals surface area contributed by atoms with Gasteiger partial charge in [0.05, 0.1) is 13.3 Å². The summed E-state index contributed by atoms with van der Waals surface area (Å²) in [6, 6.07) is 14.8. The van der Waals surface area contributed by atoms with E-state index in [0.29, 0.717) is 11.3 Å². The number of aromatic nitrogens is 2. The molecule has 32 heavy (non-hydrogen) atoms. The van der Waals surface area contributed by atoms with Crippen molar-refractivity contribution in [3.63, 3.8) is 0 Å². The van der Waals surface area contributed by atoms with Crippen molar-refractivity contribution in [3.05, 3.63) is 71.7 Å². The Balaban J connectivity index is 1.83. The van der Waals surface area contributed by atoms with Crippen LogP contribution >= 0.6 is 0 Å². The molecule has 1 atom stereocenters. The average molecular weight is 439 g/mol. The summed E-state index contributed by atoms with van der Waals surface area (Å²) >= 11 is 0. The van der Waals surface area contributed by atoms with Crippen LogP contribution < -0.4 is 10.6 Å². The minimum atomic E-state index is -0.858. The Morgan fingerprint density at radius 3 is 2.38 bits per heavy atom. The lowest BCUT2D eigenvalue weighted by molar-refractivity contribution is -0.152. The summed E-state index contributed by atoms with van der Waals surface area (Å²) in [6.45, 7) is 6.34. The van der Waals surface area contributed by atoms with E-state index in [9.17, 15) is 9.18 Å². The van der Waals surface area contributed by atoms with Crippen molar-refractivity contribution in [2.75, 3.05) is 24.9 Å². The lowest BCUT2D eigenvalue weighted by Gasteiger charge is -2.20. The summed E-state index contributed by atoms with van der Waals surface area (Å²) in [5, 5.41) is 6.06. The number of nitrogens with one attached hydrogen (secondary N) is 2. The van der Waals surface area contributed by atoms with E-state index >= 15 is 0 Å². The van der Waals surface area contributed by atoms with Gasteiger partial charge in [0.2, 0.25) is 5.95 Å². The van der Waals surface area contributed by atoms with Gasteiger partial charge in [0.25, 0.3) is 0 Å². The molecule has 2 aromatic carbocycles. The highest BCUT2D eigenvalue weighted by Gasteiger charge is 2.21. The number of halogens is 1. The highest BCUT2D eigenvalue weighted by atomic mass is 19.1. The van der Waals surface area contributed by atoms with Crippen LogP contribution in [-0.2, 0) is 19.7 Å². The molecular weight excluding hydrogens is 411 g/mol. The highest BCUT2D eigenvalue weighted by Crippen LogP contribution is 2.27. The van der Waals surface area contributed by atoms with Gasteiger partial charge in [-0.3, -0.25) is 0 Å². The molecule has 1 heterocycles. The molecule has 8 heteroatoms. The number of hydrogen-bond acceptors (Lipinski definition) is 7. The molecule has 0 amide bonds. The molecule has 0 spiro atoms. The Labute approximate surface area is 187 Å². The maximum absolute atomic E-state index is 14.4. The highest BCUT2D eigenvalue weighted by molar-refractivity contribution is 5.77. The van der Waals surface area contributed by atoms with Crippen molar-refractivity contribution >= 4 is 29.1 Å². The molecule has 1 unspecified atom stereocenters. The van der Waals surface area contributed by atoms with Gasteiger partial charge in [-0.2, -0.15) is 4.98 Å². The maximum Gasteiger partial charge on any atom is 0.339 e. The van der Waals surface area contributed by atoms with Crippen LogP contribution in [0, 0.1) is 5.82 Å². The predicted molar refractivity (Wildman–Crippen MR) is 122 cm³/mol. The van der Waals surface area contributed by atoms with Crippen LogP contribution in [0.25, 0.3) is 0 Å². The van der Waals surface area contributed by atoms with Gasteiger partial charge in [-0.05, 0) is 40.8 Å². The van der Waals surface area contributed by atoms with Crippen LogP contribution in [-0.4, -0.2) is 30.2 Å². The minimum Gasteiger partial charge on any atom is -0.467 e. The second kappa shape index (κ2) is 9.74. The molecule has 1 aromatic heterocycles. The first-order valence-electron chi connectivity index (χ1n) is 10.1. The molecular formula is C24H27FN4O3. The normalized spacial score (nSPS) is 12.2. The SMILES string of the molecule is COC(=O)C(OC)c1cccc(Nc2ncc(F)c(Nc3cccc(C(C)(C)C)c3)n2)c1. The maximum atomic E-state index is 14.4. The monoisotopic (exact) mass is 438 g/mol. The first kappa shape index (κ1) is 23.1. The first-order valence-corrected chi connectivity index (χ1v) is 10.1. The van der Waals surface area contributed by atoms with E-state index in [1.807, 2.05) is 24.3 Å². The van der Waals surface area contributed by atoms with Gasteiger partial charge < -0.3 is 20.1 Å². The van der Waals surface area contributed by atoms with Gasteiger partial charge in [0, 0.05) is 18.5 Å². The zero-order valence-electron chi connectivity index (χ0n) is 18.8. The topological polar surface area (TPSA) is 85.4 Å². The molecule has 0 aliphatic rings. The van der Waals surface area contributed by atoms with E-state index < -0.39 is 17.9 Å². The molecule has 0 bridgehead atoms. The van der Waals surface area contributed by atoms with Crippen molar-refractivity contribution in [3.8, 4) is 0 Å². The summed E-state index contributed by atoms with van der Waals surface area (Å²) < 4.78 is 24.4. The molecule has 0 saturated carbocycles. The Kier molecular flexibility index (Phi) is 7.05. The van der Waals surface area contributed by atoms with E-state index in [1.165, 1.54) is 14.2 Å². The number of carbonyl (C=O) groups excluding carboxylic acids is 1. The molecule has 0 fully saturated rings. The zero-order chi connectivity index (χ0) is 23.3. The summed E-state index contributed by atoms with van der Waals surface area (Å²) in [7, 11) is 2.73. The lowest BCUT2D eigenvalue weighted by atomic mass is 9.87. The summed E-state index contributed by atoms with van der Waals surface area (Å²) in [6.07, 6.45) is 0.241. The largest absolute Gasteiger partial charge is 0.467 e. The average Bonchev–Trinajstić information content (AvgIpc) is 2.76. The van der Waals surface area contributed by atoms with Crippen molar-refractivity contribution in [1.29, 1.82) is 0 Å². The van der Waals surface area contributed by atoms with Crippen molar-refractivity contribution in [1.82, 2.24) is 9.97 Å². The second-order valence-corrected chi connectivity index (χ2v) is 8.24. The standard InChI is InChI=1S/C24H27FN4O3/c1-24(2,3)16-9-7-11-18(13-16)27-21-19(25)14-26-23(29-21)28-17-10-6-8-15(12-17)20(31-4)22(30)32-5/h6-14,20H,1-5H3,(H2,26,27,28,29). The van der Waals surface area contributed by atoms with Crippen LogP contribution in [0.4, 0.5) is 27.5 Å². The molecule has 3 aromatic rings. The number of ether oxygens (including phenoxy) is 2. The number of rotatable bonds is 7. The van der Waals surface area contributed by atoms with E-state index in [1.54, 1.807) is 24.3 Å². The molecule has 3 rings (SSSR count). The Hall–Kier alpha value is -3.52. The number of nitrogens with zero attached hydrogens (tertiary/aromatic N) is 2. The van der Waals surface area contributed by atoms with E-state index in [-0.39, 0.29) is 17.2 Å². The number of anilines is 4. The van der Waals surface area contributed by atoms with Crippen molar-refractivity contribution in [2.45, 2.75) is 32.3 Å². The third-order valence-corrected chi connectivity index (χ3v) is 4.83. The van der Waals surface area contributed by atoms with Gasteiger partial charge >= 0.3 is 5.97 Å². The van der Waals surface area contributed by atoms with Crippen molar-refractivity contribution in [2.24, 2.45) is 0 Å². The van der Waals surface area contributed by atoms with Gasteiger partial charge in [0.15, 0.2) is 17.7 Å². The van der Waals surface area contributed by atoms with Crippen LogP contribution in [0.1, 0.15) is 38.0 Å². The summed E-state index contributed by atoms with van der Waals surface area (Å²) in [5.74, 6) is -0.832. The smallest absolute Gasteiger partial charge is 0.339 e. The van der Waals surface area contributed by atoms with Gasteiger partial charge in [-0.1, -0.05) is 45.0 Å². The summed E-state index contributed by atoms with van der Waals surface area (Å²) in [4.78, 5) is 20.2. The zero-order valence-corrected chi connectivity index (χ0v) is 18.8. The minimum absolute atomic E-state index is 0.0378. The molecule has 0 aliphatic heterocycles. The summed E-state index contributed by atoms with van der Waals surface area (Å²) in [5.41, 5.74) is 3.02. The molecule has 7 nitrogen and oxygen atoms in total. The number of carbonyl (C=O) groups is 1. The van der Waals surface area contributed by atoms with E-state index in [2.05, 4.69) is 41.4 Å². The number of hydrogen-bond donors (Lipinski definition) is 2.